The van der Waals surface area contributed by atoms with Crippen LogP contribution in [0.25, 0.3) is 5.57 Å². The molecule has 1 aromatic heterocycles. The largest absolute Gasteiger partial charge is 0.445 e. The van der Waals surface area contributed by atoms with Crippen LogP contribution in [-0.4, -0.2) is 29.1 Å². The van der Waals surface area contributed by atoms with Crippen molar-refractivity contribution in [3.05, 3.63) is 53.2 Å². The number of nitrogen functional groups attached to an aromatic ring is 1. The Morgan fingerprint density at radius 1 is 1.36 bits per heavy atom. The van der Waals surface area contributed by atoms with Crippen LogP contribution in [0.3, 0.4) is 0 Å². The van der Waals surface area contributed by atoms with E-state index in [0.29, 0.717) is 24.7 Å². The first kappa shape index (κ1) is 14.6. The molecule has 0 fully saturated rings. The van der Waals surface area contributed by atoms with Crippen LogP contribution in [0.15, 0.2) is 42.6 Å². The normalized spacial score (nSPS) is 14.5. The van der Waals surface area contributed by atoms with Gasteiger partial charge in [-0.3, -0.25) is 0 Å². The summed E-state index contributed by atoms with van der Waals surface area (Å²) in [6.07, 6.45) is 4.18. The van der Waals surface area contributed by atoms with Gasteiger partial charge in [-0.15, -0.1) is 0 Å². The molecule has 2 aromatic rings. The summed E-state index contributed by atoms with van der Waals surface area (Å²) in [5.41, 5.74) is 7.84. The Hall–Kier alpha value is -2.34. The van der Waals surface area contributed by atoms with Crippen LogP contribution in [0, 0.1) is 0 Å². The lowest BCUT2D eigenvalue weighted by molar-refractivity contribution is 0.0998. The number of thiazole rings is 1. The van der Waals surface area contributed by atoms with E-state index >= 15 is 0 Å². The van der Waals surface area contributed by atoms with Gasteiger partial charge in [-0.05, 0) is 17.6 Å². The SMILES string of the molecule is Nc1cnc(C2=CCN(C(=O)OCc3ccccc3)CC2)s1. The molecule has 114 valence electrons. The summed E-state index contributed by atoms with van der Waals surface area (Å²) in [6, 6.07) is 9.67. The molecule has 0 unspecified atom stereocenters. The van der Waals surface area contributed by atoms with Crippen molar-refractivity contribution in [2.75, 3.05) is 18.8 Å². The summed E-state index contributed by atoms with van der Waals surface area (Å²) in [5.74, 6) is 0. The average Bonchev–Trinajstić information content (AvgIpc) is 3.00. The van der Waals surface area contributed by atoms with Crippen LogP contribution in [0.4, 0.5) is 9.80 Å². The van der Waals surface area contributed by atoms with Crippen molar-refractivity contribution in [3.63, 3.8) is 0 Å². The zero-order valence-corrected chi connectivity index (χ0v) is 12.9. The van der Waals surface area contributed by atoms with E-state index in [9.17, 15) is 4.79 Å². The first-order valence-corrected chi connectivity index (χ1v) is 7.90. The van der Waals surface area contributed by atoms with Crippen LogP contribution < -0.4 is 5.73 Å². The topological polar surface area (TPSA) is 68.5 Å². The van der Waals surface area contributed by atoms with Gasteiger partial charge in [0.25, 0.3) is 0 Å². The third-order valence-corrected chi connectivity index (χ3v) is 4.37. The highest BCUT2D eigenvalue weighted by Crippen LogP contribution is 2.27. The minimum Gasteiger partial charge on any atom is -0.445 e. The van der Waals surface area contributed by atoms with E-state index in [4.69, 9.17) is 10.5 Å². The summed E-state index contributed by atoms with van der Waals surface area (Å²) in [4.78, 5) is 18.0. The first-order chi connectivity index (χ1) is 10.7. The van der Waals surface area contributed by atoms with Gasteiger partial charge in [-0.25, -0.2) is 9.78 Å². The first-order valence-electron chi connectivity index (χ1n) is 7.09. The average molecular weight is 315 g/mol. The van der Waals surface area contributed by atoms with Gasteiger partial charge in [0.1, 0.15) is 16.6 Å². The maximum atomic E-state index is 12.1. The zero-order chi connectivity index (χ0) is 15.4. The van der Waals surface area contributed by atoms with Gasteiger partial charge in [-0.1, -0.05) is 47.7 Å². The Morgan fingerprint density at radius 3 is 2.82 bits per heavy atom. The molecule has 22 heavy (non-hydrogen) atoms. The number of ether oxygens (including phenoxy) is 1. The van der Waals surface area contributed by atoms with Gasteiger partial charge >= 0.3 is 6.09 Å². The zero-order valence-electron chi connectivity index (χ0n) is 12.1. The number of hydrogen-bond donors (Lipinski definition) is 1. The fourth-order valence-corrected chi connectivity index (χ4v) is 3.03. The quantitative estimate of drug-likeness (QED) is 0.944. The molecule has 1 amide bonds. The molecular weight excluding hydrogens is 298 g/mol. The molecule has 2 heterocycles. The molecule has 0 spiro atoms. The second kappa shape index (κ2) is 6.62. The maximum absolute atomic E-state index is 12.1. The fourth-order valence-electron chi connectivity index (χ4n) is 2.27. The monoisotopic (exact) mass is 315 g/mol. The Balaban J connectivity index is 1.54. The van der Waals surface area contributed by atoms with Crippen molar-refractivity contribution < 1.29 is 9.53 Å². The van der Waals surface area contributed by atoms with Crippen molar-refractivity contribution in [2.24, 2.45) is 0 Å². The van der Waals surface area contributed by atoms with E-state index in [-0.39, 0.29) is 6.09 Å². The lowest BCUT2D eigenvalue weighted by Crippen LogP contribution is -2.35. The molecule has 0 saturated carbocycles. The number of aromatic nitrogens is 1. The molecule has 5 nitrogen and oxygen atoms in total. The molecule has 6 heteroatoms. The number of nitrogens with two attached hydrogens (primary N) is 1. The van der Waals surface area contributed by atoms with Crippen LogP contribution in [0.5, 0.6) is 0 Å². The smallest absolute Gasteiger partial charge is 0.410 e. The number of amides is 1. The van der Waals surface area contributed by atoms with Gasteiger partial charge in [0, 0.05) is 13.1 Å². The Kier molecular flexibility index (Phi) is 4.39. The molecule has 0 saturated heterocycles. The number of carbonyl (C=O) groups excluding carboxylic acids is 1. The lowest BCUT2D eigenvalue weighted by atomic mass is 10.1. The van der Waals surface area contributed by atoms with Crippen LogP contribution in [-0.2, 0) is 11.3 Å². The lowest BCUT2D eigenvalue weighted by Gasteiger charge is -2.25. The van der Waals surface area contributed by atoms with Crippen molar-refractivity contribution in [1.29, 1.82) is 0 Å². The van der Waals surface area contributed by atoms with Crippen molar-refractivity contribution in [3.8, 4) is 0 Å². The van der Waals surface area contributed by atoms with E-state index in [1.165, 1.54) is 11.3 Å². The van der Waals surface area contributed by atoms with Gasteiger partial charge in [0.2, 0.25) is 0 Å². The van der Waals surface area contributed by atoms with Crippen LogP contribution in [0.1, 0.15) is 17.0 Å². The predicted octanol–water partition coefficient (Wildman–Crippen LogP) is 3.15. The molecule has 2 N–H and O–H groups in total. The Labute approximate surface area is 133 Å². The summed E-state index contributed by atoms with van der Waals surface area (Å²) < 4.78 is 5.34. The molecule has 0 bridgehead atoms. The van der Waals surface area contributed by atoms with Gasteiger partial charge < -0.3 is 15.4 Å². The molecule has 1 aromatic carbocycles. The van der Waals surface area contributed by atoms with Gasteiger partial charge in [-0.2, -0.15) is 0 Å². The summed E-state index contributed by atoms with van der Waals surface area (Å²) >= 11 is 1.48. The Bertz CT molecular complexity index is 682. The summed E-state index contributed by atoms with van der Waals surface area (Å²) in [7, 11) is 0. The van der Waals surface area contributed by atoms with Crippen molar-refractivity contribution in [1.82, 2.24) is 9.88 Å². The van der Waals surface area contributed by atoms with E-state index in [2.05, 4.69) is 4.98 Å². The number of rotatable bonds is 3. The minimum atomic E-state index is -0.280. The highest BCUT2D eigenvalue weighted by molar-refractivity contribution is 7.16. The Morgan fingerprint density at radius 2 is 2.18 bits per heavy atom. The second-order valence-corrected chi connectivity index (χ2v) is 6.10. The standard InChI is InChI=1S/C16H17N3O2S/c17-14-10-18-15(22-14)13-6-8-19(9-7-13)16(20)21-11-12-4-2-1-3-5-12/h1-6,10H,7-9,11,17H2. The summed E-state index contributed by atoms with van der Waals surface area (Å²) in [6.45, 7) is 1.48. The molecule has 3 rings (SSSR count). The number of anilines is 1. The summed E-state index contributed by atoms with van der Waals surface area (Å²) in [5, 5.41) is 1.65. The molecular formula is C16H17N3O2S. The predicted molar refractivity (Wildman–Crippen MR) is 87.3 cm³/mol. The van der Waals surface area contributed by atoms with E-state index in [1.54, 1.807) is 11.1 Å². The van der Waals surface area contributed by atoms with Gasteiger partial charge in [0.15, 0.2) is 0 Å². The van der Waals surface area contributed by atoms with E-state index in [1.807, 2.05) is 36.4 Å². The molecule has 0 atom stereocenters. The molecule has 0 radical (unpaired) electrons. The van der Waals surface area contributed by atoms with Crippen molar-refractivity contribution >= 4 is 28.0 Å². The highest BCUT2D eigenvalue weighted by atomic mass is 32.1. The van der Waals surface area contributed by atoms with E-state index < -0.39 is 0 Å². The second-order valence-electron chi connectivity index (χ2n) is 5.03. The number of carbonyl (C=O) groups is 1. The molecule has 1 aliphatic rings. The molecule has 1 aliphatic heterocycles. The highest BCUT2D eigenvalue weighted by Gasteiger charge is 2.20. The number of benzene rings is 1. The fraction of sp³-hybridized carbons (Fsp3) is 0.250. The number of nitrogens with zero attached hydrogens (tertiary/aromatic N) is 2. The maximum Gasteiger partial charge on any atom is 0.410 e. The third-order valence-electron chi connectivity index (χ3n) is 3.47. The van der Waals surface area contributed by atoms with Gasteiger partial charge in [0.05, 0.1) is 6.20 Å². The molecule has 0 aliphatic carbocycles. The van der Waals surface area contributed by atoms with Crippen LogP contribution >= 0.6 is 11.3 Å². The minimum absolute atomic E-state index is 0.280. The van der Waals surface area contributed by atoms with Crippen LogP contribution in [0.2, 0.25) is 0 Å². The third kappa shape index (κ3) is 3.46. The van der Waals surface area contributed by atoms with Crippen molar-refractivity contribution in [2.45, 2.75) is 13.0 Å². The van der Waals surface area contributed by atoms with E-state index in [0.717, 1.165) is 22.6 Å². The number of hydrogen-bond acceptors (Lipinski definition) is 5.